The maximum Gasteiger partial charge on any atom is 0.0541 e. The second-order valence-corrected chi connectivity index (χ2v) is 13.0. The minimum atomic E-state index is -0.0769. The second kappa shape index (κ2) is 9.06. The van der Waals surface area contributed by atoms with Crippen LogP contribution in [0.4, 0.5) is 0 Å². The SMILES string of the molecule is CC1(C)c2cc(CC3Cc4ccccc4-c4ccccc43)ccc2-c2ccc(-n3c4ccccc4c4ccccc43)cc21. The molecule has 1 aromatic heterocycles. The molecule has 1 unspecified atom stereocenters. The highest BCUT2D eigenvalue weighted by Gasteiger charge is 2.36. The summed E-state index contributed by atoms with van der Waals surface area (Å²) >= 11 is 0. The molecule has 2 aliphatic rings. The maximum atomic E-state index is 2.51. The average Bonchev–Trinajstić information content (AvgIpc) is 3.50. The number of benzene rings is 6. The molecule has 0 aliphatic heterocycles. The van der Waals surface area contributed by atoms with Gasteiger partial charge in [0.2, 0.25) is 0 Å². The first-order valence-electron chi connectivity index (χ1n) is 15.5. The molecule has 1 heterocycles. The van der Waals surface area contributed by atoms with E-state index in [2.05, 4.69) is 152 Å². The van der Waals surface area contributed by atoms with Gasteiger partial charge < -0.3 is 4.57 Å². The Hall–Kier alpha value is -4.88. The average molecular weight is 552 g/mol. The molecule has 9 rings (SSSR count). The van der Waals surface area contributed by atoms with E-state index in [1.807, 2.05) is 0 Å². The van der Waals surface area contributed by atoms with Crippen molar-refractivity contribution in [3.05, 3.63) is 161 Å². The van der Waals surface area contributed by atoms with Gasteiger partial charge in [0, 0.05) is 21.9 Å². The molecule has 6 aromatic carbocycles. The number of hydrogen-bond donors (Lipinski definition) is 0. The first-order valence-corrected chi connectivity index (χ1v) is 15.5. The number of rotatable bonds is 3. The van der Waals surface area contributed by atoms with Crippen LogP contribution in [-0.2, 0) is 18.3 Å². The zero-order valence-electron chi connectivity index (χ0n) is 24.6. The summed E-state index contributed by atoms with van der Waals surface area (Å²) in [4.78, 5) is 0. The molecule has 43 heavy (non-hydrogen) atoms. The summed E-state index contributed by atoms with van der Waals surface area (Å²) in [6.45, 7) is 4.81. The Labute approximate surface area is 253 Å². The predicted molar refractivity (Wildman–Crippen MR) is 180 cm³/mol. The summed E-state index contributed by atoms with van der Waals surface area (Å²) in [5, 5.41) is 2.61. The summed E-state index contributed by atoms with van der Waals surface area (Å²) in [6.07, 6.45) is 2.15. The number of nitrogens with zero attached hydrogens (tertiary/aromatic N) is 1. The van der Waals surface area contributed by atoms with Gasteiger partial charge in [-0.05, 0) is 93.1 Å². The molecule has 0 saturated heterocycles. The van der Waals surface area contributed by atoms with Crippen molar-refractivity contribution in [1.29, 1.82) is 0 Å². The van der Waals surface area contributed by atoms with Gasteiger partial charge in [0.15, 0.2) is 0 Å². The van der Waals surface area contributed by atoms with Gasteiger partial charge in [-0.2, -0.15) is 0 Å². The van der Waals surface area contributed by atoms with Gasteiger partial charge in [0.25, 0.3) is 0 Å². The summed E-state index contributed by atoms with van der Waals surface area (Å²) in [5.41, 5.74) is 16.5. The normalized spacial score (nSPS) is 16.1. The molecule has 0 N–H and O–H groups in total. The maximum absolute atomic E-state index is 2.51. The molecule has 0 spiro atoms. The number of hydrogen-bond acceptors (Lipinski definition) is 0. The molecule has 0 bridgehead atoms. The summed E-state index contributed by atoms with van der Waals surface area (Å²) in [6, 6.07) is 50.0. The molecule has 1 nitrogen and oxygen atoms in total. The molecular formula is C42H33N. The number of para-hydroxylation sites is 2. The minimum absolute atomic E-state index is 0.0769. The highest BCUT2D eigenvalue weighted by molar-refractivity contribution is 6.09. The molecule has 0 fully saturated rings. The van der Waals surface area contributed by atoms with E-state index < -0.39 is 0 Å². The lowest BCUT2D eigenvalue weighted by molar-refractivity contribution is 0.650. The van der Waals surface area contributed by atoms with E-state index in [4.69, 9.17) is 0 Å². The van der Waals surface area contributed by atoms with E-state index in [0.29, 0.717) is 5.92 Å². The van der Waals surface area contributed by atoms with E-state index in [9.17, 15) is 0 Å². The largest absolute Gasteiger partial charge is 0.309 e. The van der Waals surface area contributed by atoms with Crippen LogP contribution in [0, 0.1) is 0 Å². The van der Waals surface area contributed by atoms with Crippen molar-refractivity contribution < 1.29 is 0 Å². The van der Waals surface area contributed by atoms with Crippen LogP contribution < -0.4 is 0 Å². The molecule has 206 valence electrons. The van der Waals surface area contributed by atoms with Crippen molar-refractivity contribution in [2.24, 2.45) is 0 Å². The molecule has 2 aliphatic carbocycles. The zero-order chi connectivity index (χ0) is 28.7. The lowest BCUT2D eigenvalue weighted by Gasteiger charge is -2.28. The molecule has 1 atom stereocenters. The van der Waals surface area contributed by atoms with Gasteiger partial charge in [-0.3, -0.25) is 0 Å². The Bertz CT molecular complexity index is 2170. The highest BCUT2D eigenvalue weighted by Crippen LogP contribution is 2.50. The fourth-order valence-corrected chi connectivity index (χ4v) is 8.14. The van der Waals surface area contributed by atoms with Crippen molar-refractivity contribution in [3.8, 4) is 27.9 Å². The molecule has 0 amide bonds. The van der Waals surface area contributed by atoms with Crippen molar-refractivity contribution in [2.45, 2.75) is 38.0 Å². The van der Waals surface area contributed by atoms with Gasteiger partial charge in [-0.1, -0.05) is 123 Å². The Morgan fingerprint density at radius 1 is 0.581 bits per heavy atom. The van der Waals surface area contributed by atoms with E-state index in [-0.39, 0.29) is 5.41 Å². The first kappa shape index (κ1) is 24.7. The number of fused-ring (bicyclic) bond motifs is 9. The first-order chi connectivity index (χ1) is 21.1. The van der Waals surface area contributed by atoms with Crippen LogP contribution in [0.3, 0.4) is 0 Å². The summed E-state index contributed by atoms with van der Waals surface area (Å²) < 4.78 is 2.44. The quantitative estimate of drug-likeness (QED) is 0.206. The number of aromatic nitrogens is 1. The topological polar surface area (TPSA) is 4.93 Å². The van der Waals surface area contributed by atoms with Crippen LogP contribution in [0.15, 0.2) is 133 Å². The van der Waals surface area contributed by atoms with Crippen LogP contribution >= 0.6 is 0 Å². The van der Waals surface area contributed by atoms with E-state index in [1.165, 1.54) is 77.6 Å². The van der Waals surface area contributed by atoms with Gasteiger partial charge in [0.1, 0.15) is 0 Å². The fraction of sp³-hybridized carbons (Fsp3) is 0.143. The third kappa shape index (κ3) is 3.58. The van der Waals surface area contributed by atoms with Crippen molar-refractivity contribution in [1.82, 2.24) is 4.57 Å². The molecule has 0 saturated carbocycles. The summed E-state index contributed by atoms with van der Waals surface area (Å²) in [7, 11) is 0. The standard InChI is InChI=1S/C42H33N/c1-42(2)38-24-27(23-29-25-28-11-3-4-12-31(28)33-14-6-5-13-32(29)33)19-21-34(38)35-22-20-30(26-39(35)42)43-40-17-9-7-15-36(40)37-16-8-10-18-41(37)43/h3-22,24,26,29H,23,25H2,1-2H3. The van der Waals surface area contributed by atoms with Crippen molar-refractivity contribution in [2.75, 3.05) is 0 Å². The third-order valence-corrected chi connectivity index (χ3v) is 10.2. The van der Waals surface area contributed by atoms with Gasteiger partial charge in [-0.15, -0.1) is 0 Å². The summed E-state index contributed by atoms with van der Waals surface area (Å²) in [5.74, 6) is 0.484. The Morgan fingerprint density at radius 2 is 1.19 bits per heavy atom. The van der Waals surface area contributed by atoms with Crippen LogP contribution in [0.2, 0.25) is 0 Å². The predicted octanol–water partition coefficient (Wildman–Crippen LogP) is 10.6. The van der Waals surface area contributed by atoms with Crippen molar-refractivity contribution in [3.63, 3.8) is 0 Å². The molecule has 0 radical (unpaired) electrons. The monoisotopic (exact) mass is 551 g/mol. The second-order valence-electron chi connectivity index (χ2n) is 13.0. The van der Waals surface area contributed by atoms with Crippen LogP contribution in [0.5, 0.6) is 0 Å². The van der Waals surface area contributed by atoms with Crippen LogP contribution in [0.1, 0.15) is 47.6 Å². The highest BCUT2D eigenvalue weighted by atomic mass is 15.0. The smallest absolute Gasteiger partial charge is 0.0541 e. The van der Waals surface area contributed by atoms with Gasteiger partial charge in [-0.25, -0.2) is 0 Å². The van der Waals surface area contributed by atoms with E-state index >= 15 is 0 Å². The Morgan fingerprint density at radius 3 is 1.95 bits per heavy atom. The molecular weight excluding hydrogens is 518 g/mol. The van der Waals surface area contributed by atoms with Crippen molar-refractivity contribution >= 4 is 21.8 Å². The molecule has 1 heteroatoms. The van der Waals surface area contributed by atoms with E-state index in [1.54, 1.807) is 0 Å². The zero-order valence-corrected chi connectivity index (χ0v) is 24.6. The third-order valence-electron chi connectivity index (χ3n) is 10.2. The fourth-order valence-electron chi connectivity index (χ4n) is 8.14. The Kier molecular flexibility index (Phi) is 5.20. The lowest BCUT2D eigenvalue weighted by atomic mass is 9.75. The van der Waals surface area contributed by atoms with E-state index in [0.717, 1.165) is 12.8 Å². The lowest BCUT2D eigenvalue weighted by Crippen LogP contribution is -2.17. The van der Waals surface area contributed by atoms with Crippen LogP contribution in [0.25, 0.3) is 49.7 Å². The molecule has 7 aromatic rings. The van der Waals surface area contributed by atoms with Gasteiger partial charge in [0.05, 0.1) is 11.0 Å². The van der Waals surface area contributed by atoms with Crippen LogP contribution in [-0.4, -0.2) is 4.57 Å². The Balaban J connectivity index is 1.11. The van der Waals surface area contributed by atoms with Gasteiger partial charge >= 0.3 is 0 Å². The minimum Gasteiger partial charge on any atom is -0.309 e.